The van der Waals surface area contributed by atoms with E-state index in [0.717, 1.165) is 61.4 Å². The van der Waals surface area contributed by atoms with Crippen LogP contribution in [0.5, 0.6) is 0 Å². The molecule has 1 N–H and O–H groups in total. The van der Waals surface area contributed by atoms with E-state index < -0.39 is 0 Å². The quantitative estimate of drug-likeness (QED) is 0.614. The number of aryl methyl sites for hydroxylation is 1. The Morgan fingerprint density at radius 2 is 1.88 bits per heavy atom. The zero-order chi connectivity index (χ0) is 22.4. The SMILES string of the molecule is O=C(Nc1ccc(-n2cccn2)cc1)[C@H]1CC12CCN(C(=O)c1scc3c1CCCC3)CC2. The number of likely N-dealkylation sites (tertiary alicyclic amines) is 1. The number of carbonyl (C=O) groups is 2. The van der Waals surface area contributed by atoms with Crippen molar-refractivity contribution in [1.82, 2.24) is 14.7 Å². The third-order valence-electron chi connectivity index (χ3n) is 7.75. The first-order chi connectivity index (χ1) is 16.1. The molecule has 170 valence electrons. The molecule has 1 spiro atoms. The first kappa shape index (κ1) is 20.7. The molecule has 1 saturated carbocycles. The summed E-state index contributed by atoms with van der Waals surface area (Å²) >= 11 is 1.63. The second kappa shape index (κ2) is 8.13. The molecule has 6 rings (SSSR count). The van der Waals surface area contributed by atoms with Gasteiger partial charge >= 0.3 is 0 Å². The monoisotopic (exact) mass is 460 g/mol. The molecule has 33 heavy (non-hydrogen) atoms. The first-order valence-corrected chi connectivity index (χ1v) is 12.8. The molecule has 2 amide bonds. The molecular weight excluding hydrogens is 432 g/mol. The first-order valence-electron chi connectivity index (χ1n) is 11.9. The van der Waals surface area contributed by atoms with Gasteiger partial charge in [0.2, 0.25) is 5.91 Å². The summed E-state index contributed by atoms with van der Waals surface area (Å²) in [4.78, 5) is 29.1. The molecule has 6 nitrogen and oxygen atoms in total. The number of aromatic nitrogens is 2. The number of thiophene rings is 1. The van der Waals surface area contributed by atoms with E-state index in [4.69, 9.17) is 0 Å². The number of nitrogens with one attached hydrogen (secondary N) is 1. The Labute approximate surface area is 197 Å². The van der Waals surface area contributed by atoms with Gasteiger partial charge in [-0.1, -0.05) is 0 Å². The van der Waals surface area contributed by atoms with Crippen molar-refractivity contribution in [2.24, 2.45) is 11.3 Å². The van der Waals surface area contributed by atoms with E-state index in [1.165, 1.54) is 24.0 Å². The summed E-state index contributed by atoms with van der Waals surface area (Å²) in [6, 6.07) is 9.65. The van der Waals surface area contributed by atoms with Crippen molar-refractivity contribution in [3.05, 3.63) is 64.1 Å². The maximum Gasteiger partial charge on any atom is 0.264 e. The van der Waals surface area contributed by atoms with E-state index in [0.29, 0.717) is 0 Å². The molecule has 3 aromatic rings. The third kappa shape index (κ3) is 3.78. The topological polar surface area (TPSA) is 67.2 Å². The average Bonchev–Trinajstić information content (AvgIpc) is 3.21. The molecule has 1 saturated heterocycles. The van der Waals surface area contributed by atoms with Gasteiger partial charge in [-0.3, -0.25) is 9.59 Å². The lowest BCUT2D eigenvalue weighted by molar-refractivity contribution is -0.118. The van der Waals surface area contributed by atoms with Crippen LogP contribution in [0, 0.1) is 11.3 Å². The molecule has 2 aliphatic carbocycles. The second-order valence-electron chi connectivity index (χ2n) is 9.67. The highest BCUT2D eigenvalue weighted by Gasteiger charge is 2.58. The fraction of sp³-hybridized carbons (Fsp3) is 0.423. The van der Waals surface area contributed by atoms with Gasteiger partial charge in [0.1, 0.15) is 0 Å². The van der Waals surface area contributed by atoms with Crippen LogP contribution in [0.4, 0.5) is 5.69 Å². The standard InChI is InChI=1S/C26H28N4O2S/c31-24(28-19-6-8-20(9-7-19)30-13-3-12-27-30)22-16-26(22)10-14-29(15-11-26)25(32)23-21-5-2-1-4-18(21)17-33-23/h3,6-9,12-13,17,22H,1-2,4-5,10-11,14-16H2,(H,28,31)/t22-/m1/s1. The van der Waals surface area contributed by atoms with Gasteiger partial charge < -0.3 is 10.2 Å². The number of amides is 2. The van der Waals surface area contributed by atoms with Crippen molar-refractivity contribution in [3.63, 3.8) is 0 Å². The van der Waals surface area contributed by atoms with Crippen molar-refractivity contribution in [3.8, 4) is 5.69 Å². The van der Waals surface area contributed by atoms with Gasteiger partial charge in [0.15, 0.2) is 0 Å². The summed E-state index contributed by atoms with van der Waals surface area (Å²) in [7, 11) is 0. The number of piperidine rings is 1. The number of hydrogen-bond donors (Lipinski definition) is 1. The maximum absolute atomic E-state index is 13.2. The van der Waals surface area contributed by atoms with E-state index in [2.05, 4.69) is 15.8 Å². The number of rotatable bonds is 4. The van der Waals surface area contributed by atoms with Crippen LogP contribution in [0.15, 0.2) is 48.1 Å². The number of benzene rings is 1. The van der Waals surface area contributed by atoms with Gasteiger partial charge in [0, 0.05) is 37.1 Å². The van der Waals surface area contributed by atoms with Crippen molar-refractivity contribution < 1.29 is 9.59 Å². The van der Waals surface area contributed by atoms with E-state index in [1.807, 2.05) is 41.4 Å². The Balaban J connectivity index is 1.05. The molecule has 1 atom stereocenters. The number of anilines is 1. The van der Waals surface area contributed by atoms with Crippen LogP contribution >= 0.6 is 11.3 Å². The van der Waals surface area contributed by atoms with Crippen LogP contribution in [0.1, 0.15) is 52.9 Å². The van der Waals surface area contributed by atoms with Crippen LogP contribution in [0.2, 0.25) is 0 Å². The van der Waals surface area contributed by atoms with Gasteiger partial charge in [-0.25, -0.2) is 4.68 Å². The van der Waals surface area contributed by atoms with Crippen LogP contribution in [-0.2, 0) is 17.6 Å². The molecule has 1 aromatic carbocycles. The lowest BCUT2D eigenvalue weighted by Crippen LogP contribution is -2.40. The minimum atomic E-state index is 0.0510. The van der Waals surface area contributed by atoms with E-state index in [-0.39, 0.29) is 23.1 Å². The van der Waals surface area contributed by atoms with Crippen molar-refractivity contribution >= 4 is 28.8 Å². The minimum Gasteiger partial charge on any atom is -0.338 e. The van der Waals surface area contributed by atoms with Crippen LogP contribution in [0.25, 0.3) is 5.69 Å². The van der Waals surface area contributed by atoms with Gasteiger partial charge in [-0.05, 0) is 97.2 Å². The average molecular weight is 461 g/mol. The highest BCUT2D eigenvalue weighted by atomic mass is 32.1. The number of nitrogens with zero attached hydrogens (tertiary/aromatic N) is 3. The maximum atomic E-state index is 13.2. The van der Waals surface area contributed by atoms with Gasteiger partial charge in [0.05, 0.1) is 10.6 Å². The molecule has 0 unspecified atom stereocenters. The van der Waals surface area contributed by atoms with E-state index in [9.17, 15) is 9.59 Å². The Bertz CT molecular complexity index is 1170. The summed E-state index contributed by atoms with van der Waals surface area (Å²) in [5, 5.41) is 9.51. The largest absolute Gasteiger partial charge is 0.338 e. The molecule has 1 aliphatic heterocycles. The van der Waals surface area contributed by atoms with Gasteiger partial charge in [0.25, 0.3) is 5.91 Å². The zero-order valence-electron chi connectivity index (χ0n) is 18.6. The lowest BCUT2D eigenvalue weighted by atomic mass is 9.90. The van der Waals surface area contributed by atoms with Crippen molar-refractivity contribution in [2.75, 3.05) is 18.4 Å². The summed E-state index contributed by atoms with van der Waals surface area (Å²) in [5.74, 6) is 0.362. The smallest absolute Gasteiger partial charge is 0.264 e. The van der Waals surface area contributed by atoms with E-state index >= 15 is 0 Å². The molecule has 0 radical (unpaired) electrons. The van der Waals surface area contributed by atoms with Crippen molar-refractivity contribution in [2.45, 2.75) is 44.9 Å². The predicted molar refractivity (Wildman–Crippen MR) is 129 cm³/mol. The molecule has 2 aromatic heterocycles. The molecule has 3 aliphatic rings. The number of fused-ring (bicyclic) bond motifs is 1. The molecule has 7 heteroatoms. The Morgan fingerprint density at radius 3 is 2.64 bits per heavy atom. The fourth-order valence-corrected chi connectivity index (χ4v) is 6.74. The Hall–Kier alpha value is -2.93. The molecule has 2 fully saturated rings. The molecular formula is C26H28N4O2S. The number of carbonyl (C=O) groups excluding carboxylic acids is 2. The Kier molecular flexibility index (Phi) is 5.09. The van der Waals surface area contributed by atoms with Gasteiger partial charge in [-0.2, -0.15) is 5.10 Å². The van der Waals surface area contributed by atoms with Gasteiger partial charge in [-0.15, -0.1) is 11.3 Å². The fourth-order valence-electron chi connectivity index (χ4n) is 5.62. The summed E-state index contributed by atoms with van der Waals surface area (Å²) < 4.78 is 1.79. The van der Waals surface area contributed by atoms with Crippen LogP contribution in [-0.4, -0.2) is 39.6 Å². The zero-order valence-corrected chi connectivity index (χ0v) is 19.4. The third-order valence-corrected chi connectivity index (χ3v) is 8.81. The lowest BCUT2D eigenvalue weighted by Gasteiger charge is -2.33. The molecule has 3 heterocycles. The number of hydrogen-bond acceptors (Lipinski definition) is 4. The normalized spacial score (nSPS) is 21.0. The van der Waals surface area contributed by atoms with Crippen LogP contribution in [0.3, 0.4) is 0 Å². The highest BCUT2D eigenvalue weighted by Crippen LogP contribution is 2.59. The van der Waals surface area contributed by atoms with Crippen molar-refractivity contribution in [1.29, 1.82) is 0 Å². The minimum absolute atomic E-state index is 0.0510. The summed E-state index contributed by atoms with van der Waals surface area (Å²) in [5.41, 5.74) is 4.54. The summed E-state index contributed by atoms with van der Waals surface area (Å²) in [6.45, 7) is 1.52. The summed E-state index contributed by atoms with van der Waals surface area (Å²) in [6.07, 6.45) is 11.0. The Morgan fingerprint density at radius 1 is 1.09 bits per heavy atom. The predicted octanol–water partition coefficient (Wildman–Crippen LogP) is 4.69. The molecule has 0 bridgehead atoms. The van der Waals surface area contributed by atoms with E-state index in [1.54, 1.807) is 22.2 Å². The van der Waals surface area contributed by atoms with Crippen LogP contribution < -0.4 is 5.32 Å². The second-order valence-corrected chi connectivity index (χ2v) is 10.6. The highest BCUT2D eigenvalue weighted by molar-refractivity contribution is 7.12.